The largest absolute Gasteiger partial charge is 0.496 e. The van der Waals surface area contributed by atoms with Gasteiger partial charge in [-0.1, -0.05) is 31.2 Å². The van der Waals surface area contributed by atoms with Crippen molar-refractivity contribution in [3.8, 4) is 22.8 Å². The van der Waals surface area contributed by atoms with E-state index in [9.17, 15) is 4.79 Å². The average molecular weight is 466 g/mol. The number of nitrogens with one attached hydrogen (secondary N) is 1. The van der Waals surface area contributed by atoms with Gasteiger partial charge in [-0.2, -0.15) is 0 Å². The van der Waals surface area contributed by atoms with E-state index in [4.69, 9.17) is 9.47 Å². The summed E-state index contributed by atoms with van der Waals surface area (Å²) < 4.78 is 11.2. The van der Waals surface area contributed by atoms with E-state index in [0.29, 0.717) is 22.3 Å². The lowest BCUT2D eigenvalue weighted by molar-refractivity contribution is 0.103. The molecule has 4 aromatic rings. The molecule has 1 amide bonds. The van der Waals surface area contributed by atoms with Gasteiger partial charge in [-0.05, 0) is 43.2 Å². The Morgan fingerprint density at radius 3 is 2.62 bits per heavy atom. The predicted molar refractivity (Wildman–Crippen MR) is 129 cm³/mol. The molecule has 0 fully saturated rings. The average Bonchev–Trinajstić information content (AvgIpc) is 3.44. The number of carbonyl (C=O) groups is 1. The standard InChI is InChI=1S/C24H23N3O3S2/c1-4-16-9-11-17(12-10-16)30-13-21-25-15(2)22(32-21)23(28)27-24-26-19(14-31-24)18-7-5-6-8-20(18)29-3/h5-12,14H,4,13H2,1-3H3,(H,26,27,28). The van der Waals surface area contributed by atoms with E-state index in [1.807, 2.05) is 48.7 Å². The van der Waals surface area contributed by atoms with Gasteiger partial charge in [0.25, 0.3) is 5.91 Å². The Kier molecular flexibility index (Phi) is 6.82. The fourth-order valence-electron chi connectivity index (χ4n) is 3.16. The van der Waals surface area contributed by atoms with E-state index in [1.54, 1.807) is 7.11 Å². The number of rotatable bonds is 8. The minimum Gasteiger partial charge on any atom is -0.496 e. The molecule has 1 N–H and O–H groups in total. The minimum absolute atomic E-state index is 0.223. The lowest BCUT2D eigenvalue weighted by Gasteiger charge is -2.05. The molecule has 0 atom stereocenters. The van der Waals surface area contributed by atoms with Gasteiger partial charge in [0.05, 0.1) is 18.5 Å². The van der Waals surface area contributed by atoms with Gasteiger partial charge in [-0.15, -0.1) is 22.7 Å². The van der Waals surface area contributed by atoms with Crippen molar-refractivity contribution in [2.45, 2.75) is 26.9 Å². The van der Waals surface area contributed by atoms with Crippen LogP contribution in [0.3, 0.4) is 0 Å². The molecule has 2 heterocycles. The van der Waals surface area contributed by atoms with Crippen molar-refractivity contribution in [3.05, 3.63) is 75.1 Å². The number of aryl methyl sites for hydroxylation is 2. The number of methoxy groups -OCH3 is 1. The maximum absolute atomic E-state index is 12.8. The number of benzene rings is 2. The van der Waals surface area contributed by atoms with Crippen LogP contribution in [-0.4, -0.2) is 23.0 Å². The van der Waals surface area contributed by atoms with Crippen LogP contribution in [0.15, 0.2) is 53.9 Å². The summed E-state index contributed by atoms with van der Waals surface area (Å²) in [7, 11) is 1.63. The van der Waals surface area contributed by atoms with E-state index in [2.05, 4.69) is 34.3 Å². The van der Waals surface area contributed by atoms with Crippen LogP contribution in [0.1, 0.15) is 32.9 Å². The molecule has 0 unspecified atom stereocenters. The number of ether oxygens (including phenoxy) is 2. The molecule has 4 rings (SSSR count). The summed E-state index contributed by atoms with van der Waals surface area (Å²) in [6.45, 7) is 4.26. The van der Waals surface area contributed by atoms with Crippen LogP contribution >= 0.6 is 22.7 Å². The van der Waals surface area contributed by atoms with Crippen molar-refractivity contribution in [2.75, 3.05) is 12.4 Å². The Hall–Kier alpha value is -3.23. The summed E-state index contributed by atoms with van der Waals surface area (Å²) in [6.07, 6.45) is 0.990. The summed E-state index contributed by atoms with van der Waals surface area (Å²) in [4.78, 5) is 22.4. The van der Waals surface area contributed by atoms with Crippen LogP contribution in [0.4, 0.5) is 5.13 Å². The van der Waals surface area contributed by atoms with Gasteiger partial charge in [0.1, 0.15) is 28.0 Å². The maximum atomic E-state index is 12.8. The molecule has 164 valence electrons. The van der Waals surface area contributed by atoms with Crippen LogP contribution in [0, 0.1) is 6.92 Å². The first kappa shape index (κ1) is 22.0. The zero-order valence-electron chi connectivity index (χ0n) is 18.0. The highest BCUT2D eigenvalue weighted by atomic mass is 32.1. The fourth-order valence-corrected chi connectivity index (χ4v) is 4.73. The van der Waals surface area contributed by atoms with Crippen molar-refractivity contribution in [1.29, 1.82) is 0 Å². The number of aromatic nitrogens is 2. The summed E-state index contributed by atoms with van der Waals surface area (Å²) in [6, 6.07) is 15.7. The molecule has 0 aliphatic carbocycles. The third kappa shape index (κ3) is 4.98. The second-order valence-electron chi connectivity index (χ2n) is 7.00. The van der Waals surface area contributed by atoms with Crippen molar-refractivity contribution in [2.24, 2.45) is 0 Å². The van der Waals surface area contributed by atoms with Gasteiger partial charge < -0.3 is 9.47 Å². The van der Waals surface area contributed by atoms with Crippen molar-refractivity contribution in [1.82, 2.24) is 9.97 Å². The van der Waals surface area contributed by atoms with Crippen LogP contribution in [0.5, 0.6) is 11.5 Å². The normalized spacial score (nSPS) is 10.7. The van der Waals surface area contributed by atoms with Gasteiger partial charge in [-0.3, -0.25) is 10.1 Å². The SMILES string of the molecule is CCc1ccc(OCc2nc(C)c(C(=O)Nc3nc(-c4ccccc4OC)cs3)s2)cc1. The molecule has 0 aliphatic heterocycles. The highest BCUT2D eigenvalue weighted by molar-refractivity contribution is 7.15. The second kappa shape index (κ2) is 9.93. The number of anilines is 1. The van der Waals surface area contributed by atoms with E-state index in [1.165, 1.54) is 28.2 Å². The summed E-state index contributed by atoms with van der Waals surface area (Å²) in [5.74, 6) is 1.30. The molecular weight excluding hydrogens is 442 g/mol. The summed E-state index contributed by atoms with van der Waals surface area (Å²) >= 11 is 2.70. The molecule has 0 saturated carbocycles. The Labute approximate surface area is 194 Å². The molecule has 0 spiro atoms. The molecule has 2 aromatic heterocycles. The number of amides is 1. The molecular formula is C24H23N3O3S2. The van der Waals surface area contributed by atoms with Crippen LogP contribution in [0.25, 0.3) is 11.3 Å². The number of hydrogen-bond donors (Lipinski definition) is 1. The highest BCUT2D eigenvalue weighted by Crippen LogP contribution is 2.32. The topological polar surface area (TPSA) is 73.3 Å². The van der Waals surface area contributed by atoms with Crippen molar-refractivity contribution < 1.29 is 14.3 Å². The smallest absolute Gasteiger partial charge is 0.269 e. The second-order valence-corrected chi connectivity index (χ2v) is 8.94. The van der Waals surface area contributed by atoms with E-state index >= 15 is 0 Å². The van der Waals surface area contributed by atoms with Crippen LogP contribution in [-0.2, 0) is 13.0 Å². The Balaban J connectivity index is 1.42. The lowest BCUT2D eigenvalue weighted by atomic mass is 10.1. The van der Waals surface area contributed by atoms with Gasteiger partial charge >= 0.3 is 0 Å². The third-order valence-corrected chi connectivity index (χ3v) is 6.74. The molecule has 0 aliphatic rings. The number of thiazole rings is 2. The van der Waals surface area contributed by atoms with Gasteiger partial charge in [0, 0.05) is 10.9 Å². The van der Waals surface area contributed by atoms with Gasteiger partial charge in [0.2, 0.25) is 0 Å². The molecule has 8 heteroatoms. The Morgan fingerprint density at radius 1 is 1.09 bits per heavy atom. The number of nitrogens with zero attached hydrogens (tertiary/aromatic N) is 2. The number of para-hydroxylation sites is 1. The fraction of sp³-hybridized carbons (Fsp3) is 0.208. The number of hydrogen-bond acceptors (Lipinski definition) is 7. The highest BCUT2D eigenvalue weighted by Gasteiger charge is 2.18. The molecule has 0 bridgehead atoms. The summed E-state index contributed by atoms with van der Waals surface area (Å²) in [5.41, 5.74) is 3.57. The predicted octanol–water partition coefficient (Wildman–Crippen LogP) is 5.98. The molecule has 0 saturated heterocycles. The minimum atomic E-state index is -0.223. The van der Waals surface area contributed by atoms with E-state index in [0.717, 1.165) is 34.2 Å². The van der Waals surface area contributed by atoms with Gasteiger partial charge in [0.15, 0.2) is 5.13 Å². The number of carbonyl (C=O) groups excluding carboxylic acids is 1. The molecule has 2 aromatic carbocycles. The Morgan fingerprint density at radius 2 is 1.88 bits per heavy atom. The zero-order chi connectivity index (χ0) is 22.5. The van der Waals surface area contributed by atoms with Crippen molar-refractivity contribution in [3.63, 3.8) is 0 Å². The molecule has 32 heavy (non-hydrogen) atoms. The third-order valence-electron chi connectivity index (χ3n) is 4.85. The van der Waals surface area contributed by atoms with Gasteiger partial charge in [-0.25, -0.2) is 9.97 Å². The van der Waals surface area contributed by atoms with E-state index in [-0.39, 0.29) is 5.91 Å². The maximum Gasteiger partial charge on any atom is 0.269 e. The monoisotopic (exact) mass is 465 g/mol. The lowest BCUT2D eigenvalue weighted by Crippen LogP contribution is -2.11. The molecule has 6 nitrogen and oxygen atoms in total. The van der Waals surface area contributed by atoms with Crippen molar-refractivity contribution >= 4 is 33.7 Å². The first-order valence-corrected chi connectivity index (χ1v) is 11.8. The first-order chi connectivity index (χ1) is 15.6. The van der Waals surface area contributed by atoms with Crippen LogP contribution < -0.4 is 14.8 Å². The van der Waals surface area contributed by atoms with E-state index < -0.39 is 0 Å². The Bertz CT molecular complexity index is 1220. The first-order valence-electron chi connectivity index (χ1n) is 10.2. The zero-order valence-corrected chi connectivity index (χ0v) is 19.7. The van der Waals surface area contributed by atoms with Crippen LogP contribution in [0.2, 0.25) is 0 Å². The quantitative estimate of drug-likeness (QED) is 0.347. The molecule has 0 radical (unpaired) electrons. The summed E-state index contributed by atoms with van der Waals surface area (Å²) in [5, 5.41) is 6.06.